The first-order valence-corrected chi connectivity index (χ1v) is 8.67. The summed E-state index contributed by atoms with van der Waals surface area (Å²) in [6.45, 7) is 7.54. The highest BCUT2D eigenvalue weighted by atomic mass is 32.2. The van der Waals surface area contributed by atoms with Crippen molar-refractivity contribution in [2.24, 2.45) is 0 Å². The van der Waals surface area contributed by atoms with Crippen LogP contribution in [0.5, 0.6) is 0 Å². The van der Waals surface area contributed by atoms with Crippen LogP contribution < -0.4 is 0 Å². The van der Waals surface area contributed by atoms with Gasteiger partial charge in [0.15, 0.2) is 0 Å². The van der Waals surface area contributed by atoms with E-state index in [2.05, 4.69) is 14.7 Å². The van der Waals surface area contributed by atoms with Gasteiger partial charge in [0.2, 0.25) is 0 Å². The molecule has 2 fully saturated rings. The maximum Gasteiger partial charge on any atom is 0.138 e. The van der Waals surface area contributed by atoms with Crippen LogP contribution >= 0.6 is 24.0 Å². The third kappa shape index (κ3) is 4.43. The van der Waals surface area contributed by atoms with Crippen molar-refractivity contribution in [2.45, 2.75) is 6.54 Å². The lowest BCUT2D eigenvalue weighted by atomic mass is 10.4. The van der Waals surface area contributed by atoms with Crippen molar-refractivity contribution in [1.29, 1.82) is 0 Å². The van der Waals surface area contributed by atoms with Gasteiger partial charge in [-0.3, -0.25) is 9.80 Å². The maximum absolute atomic E-state index is 5.49. The van der Waals surface area contributed by atoms with E-state index >= 15 is 0 Å². The highest BCUT2D eigenvalue weighted by Gasteiger charge is 2.23. The molecule has 0 radical (unpaired) electrons. The summed E-state index contributed by atoms with van der Waals surface area (Å²) in [6, 6.07) is 3.96. The Bertz CT molecular complexity index is 449. The van der Waals surface area contributed by atoms with Crippen molar-refractivity contribution in [2.75, 3.05) is 51.9 Å². The molecular formula is C14H21N3O2S2. The number of morpholine rings is 1. The zero-order chi connectivity index (χ0) is 14.5. The van der Waals surface area contributed by atoms with E-state index in [1.165, 1.54) is 0 Å². The summed E-state index contributed by atoms with van der Waals surface area (Å²) in [5, 5.41) is 0. The highest BCUT2D eigenvalue weighted by molar-refractivity contribution is 8.22. The van der Waals surface area contributed by atoms with E-state index in [1.807, 2.05) is 12.1 Å². The first-order valence-electron chi connectivity index (χ1n) is 7.28. The van der Waals surface area contributed by atoms with Crippen LogP contribution in [0, 0.1) is 0 Å². The third-order valence-corrected chi connectivity index (χ3v) is 5.36. The van der Waals surface area contributed by atoms with Crippen molar-refractivity contribution >= 4 is 28.3 Å². The molecule has 3 rings (SSSR count). The minimum Gasteiger partial charge on any atom is -0.468 e. The SMILES string of the molecule is S=C1SCN(Cc2ccco2)CN1CCN1CCOCC1. The number of rotatable bonds is 5. The van der Waals surface area contributed by atoms with E-state index in [0.717, 1.165) is 68.6 Å². The fourth-order valence-electron chi connectivity index (χ4n) is 2.55. The van der Waals surface area contributed by atoms with Crippen LogP contribution in [0.25, 0.3) is 0 Å². The molecule has 0 amide bonds. The van der Waals surface area contributed by atoms with Crippen LogP contribution in [0.15, 0.2) is 22.8 Å². The van der Waals surface area contributed by atoms with Crippen LogP contribution in [0.2, 0.25) is 0 Å². The first-order chi connectivity index (χ1) is 10.3. The maximum atomic E-state index is 5.49. The van der Waals surface area contributed by atoms with E-state index in [4.69, 9.17) is 21.4 Å². The fraction of sp³-hybridized carbons (Fsp3) is 0.643. The third-order valence-electron chi connectivity index (χ3n) is 3.75. The summed E-state index contributed by atoms with van der Waals surface area (Å²) in [6.07, 6.45) is 1.73. The van der Waals surface area contributed by atoms with Gasteiger partial charge in [0.25, 0.3) is 0 Å². The molecule has 0 spiro atoms. The van der Waals surface area contributed by atoms with Crippen molar-refractivity contribution in [3.8, 4) is 0 Å². The molecule has 0 aromatic carbocycles. The van der Waals surface area contributed by atoms with Crippen molar-refractivity contribution in [3.63, 3.8) is 0 Å². The lowest BCUT2D eigenvalue weighted by molar-refractivity contribution is 0.0343. The molecule has 21 heavy (non-hydrogen) atoms. The molecule has 0 saturated carbocycles. The molecule has 2 aliphatic rings. The lowest BCUT2D eigenvalue weighted by Crippen LogP contribution is -2.48. The molecule has 7 heteroatoms. The average molecular weight is 327 g/mol. The topological polar surface area (TPSA) is 32.1 Å². The molecule has 2 aliphatic heterocycles. The molecule has 3 heterocycles. The number of thiocarbonyl (C=S) groups is 1. The van der Waals surface area contributed by atoms with Gasteiger partial charge in [-0.05, 0) is 12.1 Å². The van der Waals surface area contributed by atoms with E-state index in [-0.39, 0.29) is 0 Å². The largest absolute Gasteiger partial charge is 0.468 e. The fourth-order valence-corrected chi connectivity index (χ4v) is 3.65. The lowest BCUT2D eigenvalue weighted by Gasteiger charge is -2.37. The van der Waals surface area contributed by atoms with Gasteiger partial charge in [-0.15, -0.1) is 0 Å². The molecule has 116 valence electrons. The van der Waals surface area contributed by atoms with Gasteiger partial charge in [-0.1, -0.05) is 24.0 Å². The van der Waals surface area contributed by atoms with E-state index in [0.29, 0.717) is 0 Å². The summed E-state index contributed by atoms with van der Waals surface area (Å²) >= 11 is 7.23. The summed E-state index contributed by atoms with van der Waals surface area (Å²) in [5.74, 6) is 1.95. The Morgan fingerprint density at radius 1 is 1.19 bits per heavy atom. The van der Waals surface area contributed by atoms with Crippen LogP contribution in [0.1, 0.15) is 5.76 Å². The molecule has 2 saturated heterocycles. The van der Waals surface area contributed by atoms with E-state index in [1.54, 1.807) is 18.0 Å². The summed E-state index contributed by atoms with van der Waals surface area (Å²) in [7, 11) is 0. The summed E-state index contributed by atoms with van der Waals surface area (Å²) < 4.78 is 11.8. The van der Waals surface area contributed by atoms with E-state index in [9.17, 15) is 0 Å². The van der Waals surface area contributed by atoms with Gasteiger partial charge in [-0.25, -0.2) is 0 Å². The molecule has 0 unspecified atom stereocenters. The molecule has 0 bridgehead atoms. The Hall–Kier alpha value is -0.600. The first kappa shape index (κ1) is 15.3. The summed E-state index contributed by atoms with van der Waals surface area (Å²) in [5.41, 5.74) is 0. The predicted molar refractivity (Wildman–Crippen MR) is 88.1 cm³/mol. The zero-order valence-corrected chi connectivity index (χ0v) is 13.7. The zero-order valence-electron chi connectivity index (χ0n) is 12.1. The van der Waals surface area contributed by atoms with Crippen LogP contribution in [-0.2, 0) is 11.3 Å². The smallest absolute Gasteiger partial charge is 0.138 e. The molecule has 0 aliphatic carbocycles. The Kier molecular flexibility index (Phi) is 5.54. The van der Waals surface area contributed by atoms with Gasteiger partial charge in [0.05, 0.1) is 38.6 Å². The molecule has 1 aromatic heterocycles. The van der Waals surface area contributed by atoms with Crippen molar-refractivity contribution in [1.82, 2.24) is 14.7 Å². The number of hydrogen-bond donors (Lipinski definition) is 0. The minimum atomic E-state index is 0.844. The van der Waals surface area contributed by atoms with Gasteiger partial charge in [-0.2, -0.15) is 0 Å². The van der Waals surface area contributed by atoms with Crippen LogP contribution in [-0.4, -0.2) is 71.0 Å². The number of ether oxygens (including phenoxy) is 1. The van der Waals surface area contributed by atoms with Gasteiger partial charge in [0.1, 0.15) is 10.1 Å². The Morgan fingerprint density at radius 2 is 2.05 bits per heavy atom. The average Bonchev–Trinajstić information content (AvgIpc) is 3.02. The van der Waals surface area contributed by atoms with Gasteiger partial charge < -0.3 is 14.1 Å². The van der Waals surface area contributed by atoms with Crippen molar-refractivity contribution in [3.05, 3.63) is 24.2 Å². The number of hydrogen-bond acceptors (Lipinski definition) is 6. The second kappa shape index (κ2) is 7.60. The molecule has 5 nitrogen and oxygen atoms in total. The Labute approximate surface area is 135 Å². The normalized spacial score (nSPS) is 21.9. The monoisotopic (exact) mass is 327 g/mol. The Morgan fingerprint density at radius 3 is 2.81 bits per heavy atom. The van der Waals surface area contributed by atoms with Gasteiger partial charge >= 0.3 is 0 Å². The molecule has 0 N–H and O–H groups in total. The quantitative estimate of drug-likeness (QED) is 0.761. The van der Waals surface area contributed by atoms with Crippen LogP contribution in [0.3, 0.4) is 0 Å². The number of nitrogens with zero attached hydrogens (tertiary/aromatic N) is 3. The van der Waals surface area contributed by atoms with E-state index < -0.39 is 0 Å². The minimum absolute atomic E-state index is 0.844. The predicted octanol–water partition coefficient (Wildman–Crippen LogP) is 1.66. The Balaban J connectivity index is 1.47. The van der Waals surface area contributed by atoms with Crippen molar-refractivity contribution < 1.29 is 9.15 Å². The summed E-state index contributed by atoms with van der Waals surface area (Å²) in [4.78, 5) is 7.10. The second-order valence-corrected chi connectivity index (χ2v) is 6.89. The molecule has 0 atom stereocenters. The molecule has 1 aromatic rings. The van der Waals surface area contributed by atoms with Gasteiger partial charge in [0, 0.05) is 26.2 Å². The molecular weight excluding hydrogens is 306 g/mol. The van der Waals surface area contributed by atoms with Crippen LogP contribution in [0.4, 0.5) is 0 Å². The highest BCUT2D eigenvalue weighted by Crippen LogP contribution is 2.20. The number of furan rings is 1. The second-order valence-electron chi connectivity index (χ2n) is 5.31. The number of thioether (sulfide) groups is 1. The standard InChI is InChI=1S/C14H21N3O2S2/c20-14-17(4-3-15-5-8-18-9-6-15)11-16(12-21-14)10-13-2-1-7-19-13/h1-2,7H,3-6,8-12H2.